The lowest BCUT2D eigenvalue weighted by Crippen LogP contribution is -2.26. The Morgan fingerprint density at radius 2 is 2.00 bits per heavy atom. The average molecular weight is 271 g/mol. The van der Waals surface area contributed by atoms with Crippen LogP contribution in [0.15, 0.2) is 28.8 Å². The molecule has 1 aliphatic rings. The number of nitrogens with zero attached hydrogens (tertiary/aromatic N) is 2. The van der Waals surface area contributed by atoms with Crippen molar-refractivity contribution >= 4 is 0 Å². The van der Waals surface area contributed by atoms with Crippen molar-refractivity contribution in [3.63, 3.8) is 0 Å². The molecule has 0 bridgehead atoms. The minimum absolute atomic E-state index is 0.222. The van der Waals surface area contributed by atoms with Gasteiger partial charge in [0.25, 0.3) is 0 Å². The van der Waals surface area contributed by atoms with Crippen molar-refractivity contribution in [2.45, 2.75) is 45.1 Å². The molecule has 1 fully saturated rings. The first-order chi connectivity index (χ1) is 9.74. The van der Waals surface area contributed by atoms with Gasteiger partial charge in [0.05, 0.1) is 6.04 Å². The fourth-order valence-corrected chi connectivity index (χ4v) is 2.57. The number of hydrogen-bond acceptors (Lipinski definition) is 4. The van der Waals surface area contributed by atoms with Gasteiger partial charge in [-0.1, -0.05) is 49.7 Å². The van der Waals surface area contributed by atoms with E-state index in [0.717, 1.165) is 18.5 Å². The normalized spacial score (nSPS) is 19.4. The summed E-state index contributed by atoms with van der Waals surface area (Å²) in [7, 11) is 0. The molecule has 0 radical (unpaired) electrons. The Hall–Kier alpha value is -1.68. The van der Waals surface area contributed by atoms with Gasteiger partial charge < -0.3 is 9.84 Å². The van der Waals surface area contributed by atoms with E-state index < -0.39 is 0 Å². The van der Waals surface area contributed by atoms with Crippen LogP contribution in [-0.2, 0) is 0 Å². The zero-order valence-corrected chi connectivity index (χ0v) is 12.1. The molecule has 106 valence electrons. The molecule has 4 nitrogen and oxygen atoms in total. The summed E-state index contributed by atoms with van der Waals surface area (Å²) in [5.74, 6) is 1.94. The van der Waals surface area contributed by atoms with Crippen LogP contribution >= 0.6 is 0 Å². The quantitative estimate of drug-likeness (QED) is 0.925. The molecule has 0 saturated carbocycles. The highest BCUT2D eigenvalue weighted by atomic mass is 16.5. The van der Waals surface area contributed by atoms with Gasteiger partial charge in [0.15, 0.2) is 0 Å². The van der Waals surface area contributed by atoms with E-state index in [4.69, 9.17) is 4.52 Å². The second-order valence-electron chi connectivity index (χ2n) is 5.74. The second-order valence-corrected chi connectivity index (χ2v) is 5.74. The third-order valence-electron chi connectivity index (χ3n) is 3.89. The second kappa shape index (κ2) is 5.75. The van der Waals surface area contributed by atoms with Crippen molar-refractivity contribution in [2.75, 3.05) is 6.54 Å². The van der Waals surface area contributed by atoms with Gasteiger partial charge in [0.1, 0.15) is 0 Å². The summed E-state index contributed by atoms with van der Waals surface area (Å²) in [5, 5.41) is 7.54. The van der Waals surface area contributed by atoms with Gasteiger partial charge >= 0.3 is 0 Å². The SMILES string of the molecule is CC(C)c1ccc(-c2noc([C@@H]3CCCCN3)n2)cc1. The Balaban J connectivity index is 1.78. The van der Waals surface area contributed by atoms with Gasteiger partial charge in [-0.25, -0.2) is 0 Å². The molecular weight excluding hydrogens is 250 g/mol. The van der Waals surface area contributed by atoms with Crippen LogP contribution < -0.4 is 5.32 Å². The highest BCUT2D eigenvalue weighted by Gasteiger charge is 2.21. The fourth-order valence-electron chi connectivity index (χ4n) is 2.57. The van der Waals surface area contributed by atoms with Crippen molar-refractivity contribution in [1.82, 2.24) is 15.5 Å². The number of rotatable bonds is 3. The molecule has 0 unspecified atom stereocenters. The topological polar surface area (TPSA) is 51.0 Å². The number of hydrogen-bond donors (Lipinski definition) is 1. The summed E-state index contributed by atoms with van der Waals surface area (Å²) < 4.78 is 5.41. The monoisotopic (exact) mass is 271 g/mol. The molecule has 2 aromatic rings. The van der Waals surface area contributed by atoms with Crippen molar-refractivity contribution in [2.24, 2.45) is 0 Å². The molecule has 1 atom stereocenters. The van der Waals surface area contributed by atoms with Crippen LogP contribution in [0.2, 0.25) is 0 Å². The van der Waals surface area contributed by atoms with Crippen LogP contribution in [0.25, 0.3) is 11.4 Å². The molecule has 0 spiro atoms. The molecule has 4 heteroatoms. The summed E-state index contributed by atoms with van der Waals surface area (Å²) >= 11 is 0. The van der Waals surface area contributed by atoms with E-state index in [1.54, 1.807) is 0 Å². The Morgan fingerprint density at radius 1 is 1.20 bits per heavy atom. The van der Waals surface area contributed by atoms with Gasteiger partial charge in [-0.2, -0.15) is 4.98 Å². The summed E-state index contributed by atoms with van der Waals surface area (Å²) in [6.07, 6.45) is 3.53. The van der Waals surface area contributed by atoms with Gasteiger partial charge in [0, 0.05) is 5.56 Å². The average Bonchev–Trinajstić information content (AvgIpc) is 2.98. The maximum atomic E-state index is 5.41. The molecule has 0 aliphatic carbocycles. The van der Waals surface area contributed by atoms with E-state index in [9.17, 15) is 0 Å². The lowest BCUT2D eigenvalue weighted by atomic mass is 10.0. The molecule has 1 saturated heterocycles. The van der Waals surface area contributed by atoms with Crippen LogP contribution in [-0.4, -0.2) is 16.7 Å². The molecule has 1 aliphatic heterocycles. The van der Waals surface area contributed by atoms with Crippen molar-refractivity contribution in [1.29, 1.82) is 0 Å². The van der Waals surface area contributed by atoms with Crippen LogP contribution in [0, 0.1) is 0 Å². The molecular formula is C16H21N3O. The molecule has 1 aromatic heterocycles. The Morgan fingerprint density at radius 3 is 2.65 bits per heavy atom. The summed E-state index contributed by atoms with van der Waals surface area (Å²) in [6.45, 7) is 5.41. The van der Waals surface area contributed by atoms with E-state index in [-0.39, 0.29) is 6.04 Å². The van der Waals surface area contributed by atoms with Gasteiger partial charge in [0.2, 0.25) is 11.7 Å². The zero-order valence-electron chi connectivity index (χ0n) is 12.1. The van der Waals surface area contributed by atoms with Gasteiger partial charge in [-0.15, -0.1) is 0 Å². The van der Waals surface area contributed by atoms with Gasteiger partial charge in [-0.3, -0.25) is 0 Å². The smallest absolute Gasteiger partial charge is 0.244 e. The highest BCUT2D eigenvalue weighted by Crippen LogP contribution is 2.25. The van der Waals surface area contributed by atoms with Crippen LogP contribution in [0.3, 0.4) is 0 Å². The van der Waals surface area contributed by atoms with E-state index in [2.05, 4.69) is 53.6 Å². The third-order valence-corrected chi connectivity index (χ3v) is 3.89. The van der Waals surface area contributed by atoms with E-state index in [0.29, 0.717) is 17.6 Å². The predicted octanol–water partition coefficient (Wildman–Crippen LogP) is 3.67. The molecule has 3 rings (SSSR count). The maximum Gasteiger partial charge on any atom is 0.244 e. The zero-order chi connectivity index (χ0) is 13.9. The maximum absolute atomic E-state index is 5.41. The lowest BCUT2D eigenvalue weighted by molar-refractivity contribution is 0.297. The minimum Gasteiger partial charge on any atom is -0.337 e. The predicted molar refractivity (Wildman–Crippen MR) is 78.4 cm³/mol. The summed E-state index contributed by atoms with van der Waals surface area (Å²) in [5.41, 5.74) is 2.34. The number of aromatic nitrogens is 2. The van der Waals surface area contributed by atoms with E-state index in [1.165, 1.54) is 18.4 Å². The molecule has 20 heavy (non-hydrogen) atoms. The van der Waals surface area contributed by atoms with E-state index >= 15 is 0 Å². The van der Waals surface area contributed by atoms with Crippen LogP contribution in [0.1, 0.15) is 56.5 Å². The Kier molecular flexibility index (Phi) is 3.83. The molecule has 0 amide bonds. The fraction of sp³-hybridized carbons (Fsp3) is 0.500. The molecule has 1 aromatic carbocycles. The summed E-state index contributed by atoms with van der Waals surface area (Å²) in [4.78, 5) is 4.54. The molecule has 2 heterocycles. The van der Waals surface area contributed by atoms with Gasteiger partial charge in [-0.05, 0) is 30.9 Å². The first-order valence-corrected chi connectivity index (χ1v) is 7.41. The number of piperidine rings is 1. The van der Waals surface area contributed by atoms with Crippen LogP contribution in [0.4, 0.5) is 0 Å². The minimum atomic E-state index is 0.222. The molecule has 1 N–H and O–H groups in total. The standard InChI is InChI=1S/C16H21N3O/c1-11(2)12-6-8-13(9-7-12)15-18-16(20-19-15)14-5-3-4-10-17-14/h6-9,11,14,17H,3-5,10H2,1-2H3/t14-/m0/s1. The largest absolute Gasteiger partial charge is 0.337 e. The third kappa shape index (κ3) is 2.75. The van der Waals surface area contributed by atoms with Crippen molar-refractivity contribution in [3.8, 4) is 11.4 Å². The van der Waals surface area contributed by atoms with Crippen LogP contribution in [0.5, 0.6) is 0 Å². The summed E-state index contributed by atoms with van der Waals surface area (Å²) in [6, 6.07) is 8.63. The van der Waals surface area contributed by atoms with E-state index in [1.807, 2.05) is 0 Å². The first-order valence-electron chi connectivity index (χ1n) is 7.41. The Bertz CT molecular complexity index is 553. The Labute approximate surface area is 119 Å². The van der Waals surface area contributed by atoms with Crippen molar-refractivity contribution in [3.05, 3.63) is 35.7 Å². The highest BCUT2D eigenvalue weighted by molar-refractivity contribution is 5.54. The van der Waals surface area contributed by atoms with Crippen molar-refractivity contribution < 1.29 is 4.52 Å². The lowest BCUT2D eigenvalue weighted by Gasteiger charge is -2.19. The first kappa shape index (κ1) is 13.3. The number of nitrogens with one attached hydrogen (secondary N) is 1. The number of benzene rings is 1.